The van der Waals surface area contributed by atoms with Crippen molar-refractivity contribution in [2.24, 2.45) is 5.92 Å². The molecule has 11 heteroatoms. The van der Waals surface area contributed by atoms with Crippen LogP contribution < -0.4 is 26.0 Å². The number of carbonyl (C=O) groups excluding carboxylic acids is 3. The van der Waals surface area contributed by atoms with Crippen LogP contribution in [-0.2, 0) is 38.7 Å². The third kappa shape index (κ3) is 12.1. The van der Waals surface area contributed by atoms with Crippen LogP contribution in [0, 0.1) is 12.8 Å². The van der Waals surface area contributed by atoms with Crippen molar-refractivity contribution in [3.8, 4) is 5.75 Å². The Morgan fingerprint density at radius 3 is 2.28 bits per heavy atom. The van der Waals surface area contributed by atoms with Gasteiger partial charge in [-0.3, -0.25) is 14.4 Å². The summed E-state index contributed by atoms with van der Waals surface area (Å²) in [6.45, 7) is 4.70. The van der Waals surface area contributed by atoms with Crippen LogP contribution in [0.15, 0.2) is 78.9 Å². The molecule has 1 unspecified atom stereocenters. The number of nitrogens with one attached hydrogen (secondary N) is 4. The number of aryl methyl sites for hydroxylation is 2. The first-order chi connectivity index (χ1) is 22.8. The Labute approximate surface area is 275 Å². The molecule has 0 aromatic heterocycles. The molecular formula is C36H44N4O7. The number of aliphatic carboxylic acids is 1. The van der Waals surface area contributed by atoms with Gasteiger partial charge in [-0.25, -0.2) is 4.79 Å². The summed E-state index contributed by atoms with van der Waals surface area (Å²) < 4.78 is 11.3. The van der Waals surface area contributed by atoms with E-state index in [1.807, 2.05) is 61.5 Å². The predicted octanol–water partition coefficient (Wildman–Crippen LogP) is 3.88. The first-order valence-corrected chi connectivity index (χ1v) is 16.0. The minimum Gasteiger partial charge on any atom is -0.493 e. The minimum atomic E-state index is -1.23. The molecule has 3 aromatic carbocycles. The number of hydrogen-bond donors (Lipinski definition) is 5. The number of alkyl carbamates (subject to hydrolysis) is 1. The highest BCUT2D eigenvalue weighted by Crippen LogP contribution is 2.19. The van der Waals surface area contributed by atoms with Gasteiger partial charge in [0.05, 0.1) is 6.61 Å². The van der Waals surface area contributed by atoms with Gasteiger partial charge in [0.15, 0.2) is 0 Å². The van der Waals surface area contributed by atoms with E-state index in [0.717, 1.165) is 47.5 Å². The van der Waals surface area contributed by atoms with E-state index >= 15 is 0 Å². The fourth-order valence-electron chi connectivity index (χ4n) is 5.24. The van der Waals surface area contributed by atoms with Crippen LogP contribution in [0.2, 0.25) is 0 Å². The number of rotatable bonds is 17. The van der Waals surface area contributed by atoms with Gasteiger partial charge in [-0.1, -0.05) is 66.7 Å². The summed E-state index contributed by atoms with van der Waals surface area (Å²) in [6, 6.07) is 22.2. The Balaban J connectivity index is 1.41. The van der Waals surface area contributed by atoms with E-state index in [2.05, 4.69) is 21.3 Å². The Kier molecular flexibility index (Phi) is 13.6. The Morgan fingerprint density at radius 2 is 1.60 bits per heavy atom. The largest absolute Gasteiger partial charge is 0.493 e. The summed E-state index contributed by atoms with van der Waals surface area (Å²) in [5.41, 5.74) is 3.61. The molecule has 0 spiro atoms. The number of carboxylic acid groups (broad SMARTS) is 1. The molecule has 0 aliphatic carbocycles. The van der Waals surface area contributed by atoms with Crippen molar-refractivity contribution in [2.75, 3.05) is 19.7 Å². The molecule has 4 rings (SSSR count). The van der Waals surface area contributed by atoms with Gasteiger partial charge < -0.3 is 35.8 Å². The lowest BCUT2D eigenvalue weighted by atomic mass is 10.0. The van der Waals surface area contributed by atoms with E-state index in [4.69, 9.17) is 9.47 Å². The summed E-state index contributed by atoms with van der Waals surface area (Å²) in [5, 5.41) is 20.8. The van der Waals surface area contributed by atoms with Gasteiger partial charge >= 0.3 is 12.1 Å². The van der Waals surface area contributed by atoms with Crippen LogP contribution in [-0.4, -0.2) is 60.8 Å². The fourth-order valence-corrected chi connectivity index (χ4v) is 5.24. The van der Waals surface area contributed by atoms with Crippen LogP contribution in [0.3, 0.4) is 0 Å². The van der Waals surface area contributed by atoms with Gasteiger partial charge in [-0.05, 0) is 73.5 Å². The number of carbonyl (C=O) groups is 4. The normalized spacial score (nSPS) is 15.2. The van der Waals surface area contributed by atoms with Crippen molar-refractivity contribution in [3.63, 3.8) is 0 Å². The first kappa shape index (κ1) is 35.0. The summed E-state index contributed by atoms with van der Waals surface area (Å²) in [5.74, 6) is -1.01. The van der Waals surface area contributed by atoms with Gasteiger partial charge in [0.25, 0.3) is 0 Å². The third-order valence-corrected chi connectivity index (χ3v) is 8.09. The molecule has 0 radical (unpaired) electrons. The molecule has 250 valence electrons. The Hall–Kier alpha value is -4.90. The quantitative estimate of drug-likeness (QED) is 0.148. The van der Waals surface area contributed by atoms with Gasteiger partial charge in [-0.15, -0.1) is 0 Å². The predicted molar refractivity (Wildman–Crippen MR) is 177 cm³/mol. The second kappa shape index (κ2) is 18.3. The monoisotopic (exact) mass is 644 g/mol. The lowest BCUT2D eigenvalue weighted by molar-refractivity contribution is -0.137. The van der Waals surface area contributed by atoms with Crippen LogP contribution in [0.5, 0.6) is 5.75 Å². The van der Waals surface area contributed by atoms with Gasteiger partial charge in [-0.2, -0.15) is 0 Å². The topological polar surface area (TPSA) is 155 Å². The van der Waals surface area contributed by atoms with Crippen molar-refractivity contribution in [1.82, 2.24) is 21.3 Å². The van der Waals surface area contributed by atoms with Crippen molar-refractivity contribution >= 4 is 23.9 Å². The summed E-state index contributed by atoms with van der Waals surface area (Å²) >= 11 is 0. The molecule has 5 N–H and O–H groups in total. The molecule has 1 aliphatic rings. The van der Waals surface area contributed by atoms with Crippen molar-refractivity contribution in [3.05, 3.63) is 101 Å². The van der Waals surface area contributed by atoms with Crippen LogP contribution in [0.25, 0.3) is 0 Å². The van der Waals surface area contributed by atoms with E-state index in [1.165, 1.54) is 0 Å². The maximum Gasteiger partial charge on any atom is 0.408 e. The summed E-state index contributed by atoms with van der Waals surface area (Å²) in [6.07, 6.45) is 0.440. The van der Waals surface area contributed by atoms with E-state index in [0.29, 0.717) is 18.9 Å². The maximum absolute atomic E-state index is 13.6. The summed E-state index contributed by atoms with van der Waals surface area (Å²) in [7, 11) is 0. The highest BCUT2D eigenvalue weighted by Gasteiger charge is 2.28. The zero-order valence-electron chi connectivity index (χ0n) is 26.7. The number of amides is 3. The average Bonchev–Trinajstić information content (AvgIpc) is 3.61. The summed E-state index contributed by atoms with van der Waals surface area (Å²) in [4.78, 5) is 51.0. The second-order valence-electron chi connectivity index (χ2n) is 11.8. The lowest BCUT2D eigenvalue weighted by Gasteiger charge is -2.23. The Bertz CT molecular complexity index is 1460. The first-order valence-electron chi connectivity index (χ1n) is 16.0. The molecule has 1 aliphatic heterocycles. The molecule has 47 heavy (non-hydrogen) atoms. The highest BCUT2D eigenvalue weighted by atomic mass is 16.5. The van der Waals surface area contributed by atoms with E-state index in [-0.39, 0.29) is 32.4 Å². The van der Waals surface area contributed by atoms with E-state index < -0.39 is 36.0 Å². The van der Waals surface area contributed by atoms with Gasteiger partial charge in [0.1, 0.15) is 24.4 Å². The number of ether oxygens (including phenoxy) is 2. The third-order valence-electron chi connectivity index (χ3n) is 8.09. The zero-order valence-corrected chi connectivity index (χ0v) is 26.7. The minimum absolute atomic E-state index is 0.0223. The molecule has 1 saturated heterocycles. The van der Waals surface area contributed by atoms with E-state index in [1.54, 1.807) is 24.3 Å². The smallest absolute Gasteiger partial charge is 0.408 e. The van der Waals surface area contributed by atoms with Crippen LogP contribution in [0.1, 0.15) is 47.9 Å². The molecule has 3 aromatic rings. The molecule has 11 nitrogen and oxygen atoms in total. The van der Waals surface area contributed by atoms with E-state index in [9.17, 15) is 24.3 Å². The van der Waals surface area contributed by atoms with Crippen molar-refractivity contribution < 1.29 is 33.8 Å². The average molecular weight is 645 g/mol. The number of carboxylic acids is 1. The second-order valence-corrected chi connectivity index (χ2v) is 11.8. The SMILES string of the molecule is Cc1ccc(OCC2CCNC2)cc1CNC(=O)[C@H](CCc1ccccc1)NC(=O)[C@H](CCC(=O)O)NC(=O)OCc1ccccc1. The molecule has 0 saturated carbocycles. The molecule has 1 heterocycles. The van der Waals surface area contributed by atoms with Gasteiger partial charge in [0, 0.05) is 25.4 Å². The van der Waals surface area contributed by atoms with Gasteiger partial charge in [0.2, 0.25) is 11.8 Å². The molecule has 3 atom stereocenters. The van der Waals surface area contributed by atoms with Crippen LogP contribution >= 0.6 is 0 Å². The Morgan fingerprint density at radius 1 is 0.894 bits per heavy atom. The standard InChI is InChI=1S/C36H44N4O7/c1-25-12-14-30(46-24-28-18-19-37-21-28)20-29(25)22-38-34(43)31(15-13-26-8-4-2-5-9-26)39-35(44)32(16-17-33(41)42)40-36(45)47-23-27-10-6-3-7-11-27/h2-12,14,20,28,31-32,37H,13,15-19,21-24H2,1H3,(H,38,43)(H,39,44)(H,40,45)(H,41,42)/t28?,31-,32-/m0/s1. The molecule has 1 fully saturated rings. The maximum atomic E-state index is 13.6. The lowest BCUT2D eigenvalue weighted by Crippen LogP contribution is -2.54. The number of hydrogen-bond acceptors (Lipinski definition) is 7. The van der Waals surface area contributed by atoms with Crippen molar-refractivity contribution in [2.45, 2.75) is 64.3 Å². The number of benzene rings is 3. The van der Waals surface area contributed by atoms with Crippen LogP contribution in [0.4, 0.5) is 4.79 Å². The molecular weight excluding hydrogens is 600 g/mol. The fraction of sp³-hybridized carbons (Fsp3) is 0.389. The molecule has 3 amide bonds. The zero-order chi connectivity index (χ0) is 33.4. The van der Waals surface area contributed by atoms with Crippen molar-refractivity contribution in [1.29, 1.82) is 0 Å². The molecule has 0 bridgehead atoms. The highest BCUT2D eigenvalue weighted by molar-refractivity contribution is 5.91.